The molecule has 1 heterocycles. The average Bonchev–Trinajstić information content (AvgIpc) is 3.01. The Morgan fingerprint density at radius 1 is 1.44 bits per heavy atom. The van der Waals surface area contributed by atoms with Gasteiger partial charge in [-0.25, -0.2) is 0 Å². The van der Waals surface area contributed by atoms with E-state index in [0.29, 0.717) is 6.04 Å². The number of aromatic nitrogens is 1. The molecule has 0 radical (unpaired) electrons. The molecule has 1 fully saturated rings. The van der Waals surface area contributed by atoms with Crippen LogP contribution in [0.1, 0.15) is 36.6 Å². The topological polar surface area (TPSA) is 34.0 Å². The number of hydrogen-bond acceptors (Lipinski definition) is 2. The van der Waals surface area contributed by atoms with Gasteiger partial charge >= 0.3 is 0 Å². The van der Waals surface area contributed by atoms with Crippen LogP contribution in [0.5, 0.6) is 0 Å². The zero-order valence-corrected chi connectivity index (χ0v) is 10.3. The van der Waals surface area contributed by atoms with Gasteiger partial charge in [0.2, 0.25) is 0 Å². The standard InChI is InChI=1S/C13H20N2O/c1-4-15-10(3)7-9(2)12(13(15)16)8-14-11-5-6-11/h7,11,14H,4-6,8H2,1-3H3. The predicted octanol–water partition coefficient (Wildman–Crippen LogP) is 1.74. The second kappa shape index (κ2) is 4.42. The molecule has 1 saturated carbocycles. The Kier molecular flexibility index (Phi) is 3.15. The highest BCUT2D eigenvalue weighted by Gasteiger charge is 2.21. The maximum Gasteiger partial charge on any atom is 0.255 e. The fourth-order valence-electron chi connectivity index (χ4n) is 2.11. The first-order valence-corrected chi connectivity index (χ1v) is 6.06. The Hall–Kier alpha value is -1.09. The van der Waals surface area contributed by atoms with Crippen LogP contribution in [0.2, 0.25) is 0 Å². The molecule has 0 atom stereocenters. The van der Waals surface area contributed by atoms with E-state index >= 15 is 0 Å². The smallest absolute Gasteiger partial charge is 0.255 e. The Bertz CT molecular complexity index is 444. The molecule has 1 aromatic rings. The summed E-state index contributed by atoms with van der Waals surface area (Å²) in [6, 6.07) is 2.75. The number of nitrogens with zero attached hydrogens (tertiary/aromatic N) is 1. The third-order valence-corrected chi connectivity index (χ3v) is 3.29. The lowest BCUT2D eigenvalue weighted by Crippen LogP contribution is -2.30. The molecule has 88 valence electrons. The van der Waals surface area contributed by atoms with Crippen molar-refractivity contribution in [2.45, 2.75) is 52.7 Å². The van der Waals surface area contributed by atoms with Crippen LogP contribution < -0.4 is 10.9 Å². The SMILES string of the molecule is CCn1c(C)cc(C)c(CNC2CC2)c1=O. The van der Waals surface area contributed by atoms with E-state index in [1.165, 1.54) is 12.8 Å². The Balaban J connectivity index is 2.30. The van der Waals surface area contributed by atoms with Crippen LogP contribution >= 0.6 is 0 Å². The molecule has 1 aliphatic carbocycles. The molecular weight excluding hydrogens is 200 g/mol. The minimum Gasteiger partial charge on any atom is -0.313 e. The van der Waals surface area contributed by atoms with E-state index in [1.807, 2.05) is 25.3 Å². The van der Waals surface area contributed by atoms with Gasteiger partial charge in [0.05, 0.1) is 0 Å². The molecule has 1 aliphatic rings. The van der Waals surface area contributed by atoms with Crippen molar-refractivity contribution in [1.29, 1.82) is 0 Å². The van der Waals surface area contributed by atoms with Crippen LogP contribution in [0, 0.1) is 13.8 Å². The molecule has 0 aromatic carbocycles. The Morgan fingerprint density at radius 3 is 2.69 bits per heavy atom. The van der Waals surface area contributed by atoms with Crippen molar-refractivity contribution >= 4 is 0 Å². The molecule has 0 unspecified atom stereocenters. The van der Waals surface area contributed by atoms with Crippen molar-refractivity contribution < 1.29 is 0 Å². The van der Waals surface area contributed by atoms with E-state index in [4.69, 9.17) is 0 Å². The molecular formula is C13H20N2O. The summed E-state index contributed by atoms with van der Waals surface area (Å²) >= 11 is 0. The van der Waals surface area contributed by atoms with Gasteiger partial charge in [-0.2, -0.15) is 0 Å². The molecule has 2 rings (SSSR count). The van der Waals surface area contributed by atoms with E-state index in [9.17, 15) is 4.79 Å². The molecule has 1 aromatic heterocycles. The van der Waals surface area contributed by atoms with Crippen LogP contribution in [-0.2, 0) is 13.1 Å². The summed E-state index contributed by atoms with van der Waals surface area (Å²) in [4.78, 5) is 12.2. The minimum atomic E-state index is 0.174. The van der Waals surface area contributed by atoms with Crippen molar-refractivity contribution in [3.63, 3.8) is 0 Å². The lowest BCUT2D eigenvalue weighted by molar-refractivity contribution is 0.644. The number of nitrogens with one attached hydrogen (secondary N) is 1. The second-order valence-electron chi connectivity index (χ2n) is 4.65. The monoisotopic (exact) mass is 220 g/mol. The summed E-state index contributed by atoms with van der Waals surface area (Å²) < 4.78 is 1.84. The van der Waals surface area contributed by atoms with Crippen molar-refractivity contribution in [2.24, 2.45) is 0 Å². The lowest BCUT2D eigenvalue weighted by atomic mass is 10.1. The first-order valence-electron chi connectivity index (χ1n) is 6.06. The van der Waals surface area contributed by atoms with Gasteiger partial charge in [0.15, 0.2) is 0 Å². The molecule has 0 spiro atoms. The summed E-state index contributed by atoms with van der Waals surface area (Å²) in [6.07, 6.45) is 2.51. The zero-order chi connectivity index (χ0) is 11.7. The summed E-state index contributed by atoms with van der Waals surface area (Å²) in [5, 5.41) is 3.41. The van der Waals surface area contributed by atoms with Crippen molar-refractivity contribution in [2.75, 3.05) is 0 Å². The maximum atomic E-state index is 12.2. The summed E-state index contributed by atoms with van der Waals surface area (Å²) in [7, 11) is 0. The van der Waals surface area contributed by atoms with Crippen molar-refractivity contribution in [1.82, 2.24) is 9.88 Å². The van der Waals surface area contributed by atoms with Gasteiger partial charge in [-0.1, -0.05) is 0 Å². The van der Waals surface area contributed by atoms with Gasteiger partial charge in [-0.3, -0.25) is 4.79 Å². The summed E-state index contributed by atoms with van der Waals surface area (Å²) in [6.45, 7) is 7.51. The fraction of sp³-hybridized carbons (Fsp3) is 0.615. The molecule has 16 heavy (non-hydrogen) atoms. The molecule has 3 heteroatoms. The van der Waals surface area contributed by atoms with Gasteiger partial charge in [-0.15, -0.1) is 0 Å². The van der Waals surface area contributed by atoms with Crippen LogP contribution in [0.25, 0.3) is 0 Å². The highest BCUT2D eigenvalue weighted by atomic mass is 16.1. The van der Waals surface area contributed by atoms with Crippen LogP contribution in [0.3, 0.4) is 0 Å². The minimum absolute atomic E-state index is 0.174. The van der Waals surface area contributed by atoms with E-state index < -0.39 is 0 Å². The third kappa shape index (κ3) is 2.19. The summed E-state index contributed by atoms with van der Waals surface area (Å²) in [5.41, 5.74) is 3.27. The van der Waals surface area contributed by atoms with Crippen molar-refractivity contribution in [3.8, 4) is 0 Å². The molecule has 0 bridgehead atoms. The number of hydrogen-bond donors (Lipinski definition) is 1. The van der Waals surface area contributed by atoms with Gasteiger partial charge in [-0.05, 0) is 45.2 Å². The molecule has 1 N–H and O–H groups in total. The zero-order valence-electron chi connectivity index (χ0n) is 10.3. The molecule has 3 nitrogen and oxygen atoms in total. The number of aryl methyl sites for hydroxylation is 2. The van der Waals surface area contributed by atoms with Crippen LogP contribution in [0.4, 0.5) is 0 Å². The largest absolute Gasteiger partial charge is 0.313 e. The maximum absolute atomic E-state index is 12.2. The van der Waals surface area contributed by atoms with E-state index in [0.717, 1.165) is 29.9 Å². The molecule has 0 amide bonds. The van der Waals surface area contributed by atoms with E-state index in [-0.39, 0.29) is 5.56 Å². The normalized spacial score (nSPS) is 15.4. The number of rotatable bonds is 4. The number of pyridine rings is 1. The van der Waals surface area contributed by atoms with Gasteiger partial charge in [0.1, 0.15) is 0 Å². The third-order valence-electron chi connectivity index (χ3n) is 3.29. The second-order valence-corrected chi connectivity index (χ2v) is 4.65. The lowest BCUT2D eigenvalue weighted by Gasteiger charge is -2.13. The fourth-order valence-corrected chi connectivity index (χ4v) is 2.11. The van der Waals surface area contributed by atoms with Crippen molar-refractivity contribution in [3.05, 3.63) is 33.2 Å². The Morgan fingerprint density at radius 2 is 2.12 bits per heavy atom. The van der Waals surface area contributed by atoms with Gasteiger partial charge in [0, 0.05) is 30.4 Å². The van der Waals surface area contributed by atoms with E-state index in [2.05, 4.69) is 11.4 Å². The first-order chi connectivity index (χ1) is 7.63. The molecule has 0 saturated heterocycles. The molecule has 0 aliphatic heterocycles. The van der Waals surface area contributed by atoms with Gasteiger partial charge in [0.25, 0.3) is 5.56 Å². The predicted molar refractivity (Wildman–Crippen MR) is 65.7 cm³/mol. The van der Waals surface area contributed by atoms with Gasteiger partial charge < -0.3 is 9.88 Å². The average molecular weight is 220 g/mol. The first kappa shape index (κ1) is 11.4. The van der Waals surface area contributed by atoms with Crippen LogP contribution in [-0.4, -0.2) is 10.6 Å². The van der Waals surface area contributed by atoms with Crippen LogP contribution in [0.15, 0.2) is 10.9 Å². The highest BCUT2D eigenvalue weighted by molar-refractivity contribution is 5.26. The highest BCUT2D eigenvalue weighted by Crippen LogP contribution is 2.19. The summed E-state index contributed by atoms with van der Waals surface area (Å²) in [5.74, 6) is 0. The Labute approximate surface area is 96.5 Å². The van der Waals surface area contributed by atoms with E-state index in [1.54, 1.807) is 0 Å². The quantitative estimate of drug-likeness (QED) is 0.838.